The van der Waals surface area contributed by atoms with Gasteiger partial charge in [0.15, 0.2) is 0 Å². The Balaban J connectivity index is 2.01. The standard InChI is InChI=1S/C13H24N4/c1-3-8-17-12(15-10-16-17)9-13(14)6-4-11(2)5-7-13/h10-11H,3-9,14H2,1-2H3. The lowest BCUT2D eigenvalue weighted by Crippen LogP contribution is -2.45. The van der Waals surface area contributed by atoms with Gasteiger partial charge in [0, 0.05) is 18.5 Å². The van der Waals surface area contributed by atoms with Gasteiger partial charge in [-0.05, 0) is 38.0 Å². The smallest absolute Gasteiger partial charge is 0.138 e. The normalized spacial score (nSPS) is 29.5. The summed E-state index contributed by atoms with van der Waals surface area (Å²) in [5, 5.41) is 4.27. The van der Waals surface area contributed by atoms with E-state index in [9.17, 15) is 0 Å². The number of aromatic nitrogens is 3. The van der Waals surface area contributed by atoms with Crippen molar-refractivity contribution in [3.8, 4) is 0 Å². The molecule has 96 valence electrons. The Morgan fingerprint density at radius 1 is 1.47 bits per heavy atom. The first-order valence-corrected chi connectivity index (χ1v) is 6.78. The molecule has 4 nitrogen and oxygen atoms in total. The Hall–Kier alpha value is -0.900. The number of hydrogen-bond donors (Lipinski definition) is 1. The molecule has 0 saturated heterocycles. The molecule has 0 radical (unpaired) electrons. The first kappa shape index (κ1) is 12.6. The predicted molar refractivity (Wildman–Crippen MR) is 68.6 cm³/mol. The van der Waals surface area contributed by atoms with Crippen LogP contribution in [0.15, 0.2) is 6.33 Å². The highest BCUT2D eigenvalue weighted by Gasteiger charge is 2.31. The SMILES string of the molecule is CCCn1ncnc1CC1(N)CCC(C)CC1. The molecule has 1 fully saturated rings. The fraction of sp³-hybridized carbons (Fsp3) is 0.846. The van der Waals surface area contributed by atoms with Crippen LogP contribution >= 0.6 is 0 Å². The molecule has 1 aromatic heterocycles. The molecule has 0 amide bonds. The summed E-state index contributed by atoms with van der Waals surface area (Å²) >= 11 is 0. The lowest BCUT2D eigenvalue weighted by atomic mass is 9.76. The maximum Gasteiger partial charge on any atom is 0.138 e. The van der Waals surface area contributed by atoms with Crippen LogP contribution in [0.2, 0.25) is 0 Å². The highest BCUT2D eigenvalue weighted by molar-refractivity contribution is 4.99. The molecule has 1 heterocycles. The Labute approximate surface area is 104 Å². The summed E-state index contributed by atoms with van der Waals surface area (Å²) in [7, 11) is 0. The summed E-state index contributed by atoms with van der Waals surface area (Å²) in [6.07, 6.45) is 8.35. The van der Waals surface area contributed by atoms with Crippen molar-refractivity contribution in [2.24, 2.45) is 11.7 Å². The van der Waals surface area contributed by atoms with Crippen molar-refractivity contribution in [3.05, 3.63) is 12.2 Å². The minimum atomic E-state index is -0.0506. The minimum absolute atomic E-state index is 0.0506. The van der Waals surface area contributed by atoms with E-state index in [1.54, 1.807) is 6.33 Å². The van der Waals surface area contributed by atoms with Crippen molar-refractivity contribution in [1.82, 2.24) is 14.8 Å². The van der Waals surface area contributed by atoms with Gasteiger partial charge in [-0.3, -0.25) is 4.68 Å². The molecule has 0 atom stereocenters. The molecule has 0 unspecified atom stereocenters. The van der Waals surface area contributed by atoms with Crippen LogP contribution in [0.5, 0.6) is 0 Å². The maximum atomic E-state index is 6.50. The molecular formula is C13H24N4. The maximum absolute atomic E-state index is 6.50. The van der Waals surface area contributed by atoms with Crippen LogP contribution in [0.3, 0.4) is 0 Å². The molecule has 2 N–H and O–H groups in total. The zero-order valence-electron chi connectivity index (χ0n) is 11.0. The minimum Gasteiger partial charge on any atom is -0.325 e. The summed E-state index contributed by atoms with van der Waals surface area (Å²) in [6.45, 7) is 5.42. The predicted octanol–water partition coefficient (Wildman–Crippen LogP) is 2.14. The molecule has 1 aliphatic rings. The molecule has 1 saturated carbocycles. The zero-order chi connectivity index (χ0) is 12.3. The highest BCUT2D eigenvalue weighted by atomic mass is 15.3. The van der Waals surface area contributed by atoms with Gasteiger partial charge >= 0.3 is 0 Å². The van der Waals surface area contributed by atoms with Crippen molar-refractivity contribution in [3.63, 3.8) is 0 Å². The largest absolute Gasteiger partial charge is 0.325 e. The van der Waals surface area contributed by atoms with Gasteiger partial charge in [0.25, 0.3) is 0 Å². The van der Waals surface area contributed by atoms with Gasteiger partial charge in [0.2, 0.25) is 0 Å². The Morgan fingerprint density at radius 3 is 2.82 bits per heavy atom. The molecule has 0 spiro atoms. The van der Waals surface area contributed by atoms with Crippen molar-refractivity contribution in [2.75, 3.05) is 0 Å². The van der Waals surface area contributed by atoms with E-state index in [0.717, 1.165) is 44.0 Å². The third-order valence-electron chi connectivity index (χ3n) is 3.91. The van der Waals surface area contributed by atoms with Gasteiger partial charge in [0.05, 0.1) is 0 Å². The van der Waals surface area contributed by atoms with E-state index in [1.807, 2.05) is 4.68 Å². The Morgan fingerprint density at radius 2 is 2.18 bits per heavy atom. The topological polar surface area (TPSA) is 56.7 Å². The summed E-state index contributed by atoms with van der Waals surface area (Å²) in [5.74, 6) is 1.89. The van der Waals surface area contributed by atoms with Crippen LogP contribution < -0.4 is 5.73 Å². The monoisotopic (exact) mass is 236 g/mol. The molecule has 2 rings (SSSR count). The molecule has 1 aliphatic carbocycles. The molecule has 17 heavy (non-hydrogen) atoms. The van der Waals surface area contributed by atoms with Crippen LogP contribution in [0.25, 0.3) is 0 Å². The zero-order valence-corrected chi connectivity index (χ0v) is 11.0. The lowest BCUT2D eigenvalue weighted by Gasteiger charge is -2.35. The quantitative estimate of drug-likeness (QED) is 0.871. The van der Waals surface area contributed by atoms with Crippen LogP contribution in [0.1, 0.15) is 51.8 Å². The van der Waals surface area contributed by atoms with E-state index in [2.05, 4.69) is 23.9 Å². The van der Waals surface area contributed by atoms with E-state index in [0.29, 0.717) is 0 Å². The molecule has 4 heteroatoms. The number of hydrogen-bond acceptors (Lipinski definition) is 3. The first-order chi connectivity index (χ1) is 8.13. The Kier molecular flexibility index (Phi) is 3.82. The van der Waals surface area contributed by atoms with Gasteiger partial charge in [0.1, 0.15) is 12.2 Å². The van der Waals surface area contributed by atoms with Gasteiger partial charge in [-0.25, -0.2) is 4.98 Å². The summed E-state index contributed by atoms with van der Waals surface area (Å²) in [4.78, 5) is 4.36. The van der Waals surface area contributed by atoms with E-state index < -0.39 is 0 Å². The van der Waals surface area contributed by atoms with E-state index in [1.165, 1.54) is 12.8 Å². The lowest BCUT2D eigenvalue weighted by molar-refractivity contribution is 0.238. The van der Waals surface area contributed by atoms with Gasteiger partial charge in [-0.1, -0.05) is 13.8 Å². The van der Waals surface area contributed by atoms with Crippen molar-refractivity contribution < 1.29 is 0 Å². The third kappa shape index (κ3) is 3.06. The van der Waals surface area contributed by atoms with Gasteiger partial charge < -0.3 is 5.73 Å². The summed E-state index contributed by atoms with van der Waals surface area (Å²) < 4.78 is 2.01. The second kappa shape index (κ2) is 5.17. The van der Waals surface area contributed by atoms with E-state index in [-0.39, 0.29) is 5.54 Å². The third-order valence-corrected chi connectivity index (χ3v) is 3.91. The average molecular weight is 236 g/mol. The number of nitrogens with zero attached hydrogens (tertiary/aromatic N) is 3. The Bertz CT molecular complexity index is 350. The second-order valence-electron chi connectivity index (χ2n) is 5.62. The van der Waals surface area contributed by atoms with Crippen LogP contribution in [-0.4, -0.2) is 20.3 Å². The van der Waals surface area contributed by atoms with Crippen LogP contribution in [0, 0.1) is 5.92 Å². The van der Waals surface area contributed by atoms with Gasteiger partial charge in [-0.15, -0.1) is 0 Å². The molecule has 1 aromatic rings. The summed E-state index contributed by atoms with van der Waals surface area (Å²) in [5.41, 5.74) is 6.45. The van der Waals surface area contributed by atoms with E-state index >= 15 is 0 Å². The van der Waals surface area contributed by atoms with Crippen LogP contribution in [-0.2, 0) is 13.0 Å². The van der Waals surface area contributed by atoms with Crippen molar-refractivity contribution in [1.29, 1.82) is 0 Å². The average Bonchev–Trinajstić information content (AvgIpc) is 2.71. The molecule has 0 aliphatic heterocycles. The number of rotatable bonds is 4. The highest BCUT2D eigenvalue weighted by Crippen LogP contribution is 2.32. The van der Waals surface area contributed by atoms with Crippen LogP contribution in [0.4, 0.5) is 0 Å². The molecular weight excluding hydrogens is 212 g/mol. The first-order valence-electron chi connectivity index (χ1n) is 6.78. The second-order valence-corrected chi connectivity index (χ2v) is 5.62. The molecule has 0 bridgehead atoms. The number of nitrogens with two attached hydrogens (primary N) is 1. The summed E-state index contributed by atoms with van der Waals surface area (Å²) in [6, 6.07) is 0. The van der Waals surface area contributed by atoms with E-state index in [4.69, 9.17) is 5.73 Å². The fourth-order valence-electron chi connectivity index (χ4n) is 2.65. The van der Waals surface area contributed by atoms with Gasteiger partial charge in [-0.2, -0.15) is 5.10 Å². The number of aryl methyl sites for hydroxylation is 1. The molecule has 0 aromatic carbocycles. The van der Waals surface area contributed by atoms with Crippen molar-refractivity contribution >= 4 is 0 Å². The van der Waals surface area contributed by atoms with Crippen molar-refractivity contribution in [2.45, 2.75) is 64.5 Å². The fourth-order valence-corrected chi connectivity index (χ4v) is 2.65.